The molecule has 1 amide bonds. The molecule has 1 rings (SSSR count). The van der Waals surface area contributed by atoms with E-state index in [0.29, 0.717) is 42.6 Å². The van der Waals surface area contributed by atoms with Crippen molar-refractivity contribution in [2.45, 2.75) is 47.1 Å². The van der Waals surface area contributed by atoms with Gasteiger partial charge in [-0.1, -0.05) is 0 Å². The molecule has 1 aromatic rings. The lowest BCUT2D eigenvalue weighted by atomic mass is 10.1. The van der Waals surface area contributed by atoms with Crippen molar-refractivity contribution in [3.05, 3.63) is 17.7 Å². The number of nitrogens with one attached hydrogen (secondary N) is 1. The van der Waals surface area contributed by atoms with Crippen LogP contribution in [0.5, 0.6) is 17.2 Å². The third-order valence-corrected chi connectivity index (χ3v) is 3.15. The zero-order chi connectivity index (χ0) is 19.5. The molecule has 7 heteroatoms. The molecule has 0 radical (unpaired) electrons. The monoisotopic (exact) mass is 367 g/mol. The SMILES string of the molecule is CCOc1cc(C(=O)NCCC(=O)OC(C)C)cc(OCC)c1OCC. The number of benzene rings is 1. The summed E-state index contributed by atoms with van der Waals surface area (Å²) in [5.41, 5.74) is 0.373. The molecule has 0 saturated heterocycles. The molecule has 0 fully saturated rings. The number of esters is 1. The molecular formula is C19H29NO6. The van der Waals surface area contributed by atoms with Gasteiger partial charge in [0.1, 0.15) is 0 Å². The maximum absolute atomic E-state index is 12.4. The van der Waals surface area contributed by atoms with E-state index in [-0.39, 0.29) is 30.9 Å². The Balaban J connectivity index is 2.89. The summed E-state index contributed by atoms with van der Waals surface area (Å²) in [5.74, 6) is 0.701. The van der Waals surface area contributed by atoms with Crippen molar-refractivity contribution in [3.8, 4) is 17.2 Å². The molecule has 0 atom stereocenters. The number of carbonyl (C=O) groups is 2. The van der Waals surface area contributed by atoms with Gasteiger partial charge in [-0.3, -0.25) is 9.59 Å². The lowest BCUT2D eigenvalue weighted by Gasteiger charge is -2.17. The molecule has 146 valence electrons. The fraction of sp³-hybridized carbons (Fsp3) is 0.579. The van der Waals surface area contributed by atoms with E-state index in [1.165, 1.54) is 0 Å². The Morgan fingerprint density at radius 1 is 0.962 bits per heavy atom. The molecule has 1 N–H and O–H groups in total. The highest BCUT2D eigenvalue weighted by atomic mass is 16.5. The van der Waals surface area contributed by atoms with Crippen LogP contribution in [-0.2, 0) is 9.53 Å². The van der Waals surface area contributed by atoms with Gasteiger partial charge in [-0.05, 0) is 46.8 Å². The molecule has 7 nitrogen and oxygen atoms in total. The van der Waals surface area contributed by atoms with Crippen molar-refractivity contribution in [3.63, 3.8) is 0 Å². The largest absolute Gasteiger partial charge is 0.490 e. The zero-order valence-electron chi connectivity index (χ0n) is 16.2. The Hall–Kier alpha value is -2.44. The minimum atomic E-state index is -0.350. The molecule has 0 aliphatic carbocycles. The first-order valence-corrected chi connectivity index (χ1v) is 8.96. The van der Waals surface area contributed by atoms with Crippen LogP contribution in [0.15, 0.2) is 12.1 Å². The van der Waals surface area contributed by atoms with Crippen LogP contribution in [-0.4, -0.2) is 44.3 Å². The second-order valence-electron chi connectivity index (χ2n) is 5.65. The van der Waals surface area contributed by atoms with Crippen molar-refractivity contribution in [2.75, 3.05) is 26.4 Å². The van der Waals surface area contributed by atoms with E-state index in [9.17, 15) is 9.59 Å². The minimum Gasteiger partial charge on any atom is -0.490 e. The second-order valence-corrected chi connectivity index (χ2v) is 5.65. The molecule has 0 aliphatic rings. The standard InChI is InChI=1S/C19H29NO6/c1-6-23-15-11-14(12-16(24-7-2)18(15)25-8-3)19(22)20-10-9-17(21)26-13(4)5/h11-13H,6-10H2,1-5H3,(H,20,22). The summed E-state index contributed by atoms with van der Waals surface area (Å²) in [6, 6.07) is 3.22. The Morgan fingerprint density at radius 2 is 1.50 bits per heavy atom. The third-order valence-electron chi connectivity index (χ3n) is 3.15. The lowest BCUT2D eigenvalue weighted by Crippen LogP contribution is -2.27. The van der Waals surface area contributed by atoms with Gasteiger partial charge in [0, 0.05) is 12.1 Å². The topological polar surface area (TPSA) is 83.1 Å². The number of ether oxygens (including phenoxy) is 4. The third kappa shape index (κ3) is 6.82. The fourth-order valence-electron chi connectivity index (χ4n) is 2.22. The fourth-order valence-corrected chi connectivity index (χ4v) is 2.22. The summed E-state index contributed by atoms with van der Waals surface area (Å²) in [4.78, 5) is 24.0. The van der Waals surface area contributed by atoms with Gasteiger partial charge in [0.15, 0.2) is 11.5 Å². The summed E-state index contributed by atoms with van der Waals surface area (Å²) in [5, 5.41) is 2.70. The molecule has 0 unspecified atom stereocenters. The van der Waals surface area contributed by atoms with Crippen molar-refractivity contribution in [2.24, 2.45) is 0 Å². The first-order chi connectivity index (χ1) is 12.4. The van der Waals surface area contributed by atoms with Crippen LogP contribution in [0.4, 0.5) is 0 Å². The summed E-state index contributed by atoms with van der Waals surface area (Å²) in [6.07, 6.45) is -0.0655. The van der Waals surface area contributed by atoms with E-state index in [1.54, 1.807) is 26.0 Å². The van der Waals surface area contributed by atoms with Crippen LogP contribution in [0.2, 0.25) is 0 Å². The van der Waals surface area contributed by atoms with Gasteiger partial charge in [0.05, 0.1) is 32.3 Å². The summed E-state index contributed by atoms with van der Waals surface area (Å²) in [7, 11) is 0. The maximum atomic E-state index is 12.4. The van der Waals surface area contributed by atoms with Gasteiger partial charge in [-0.15, -0.1) is 0 Å². The van der Waals surface area contributed by atoms with Crippen molar-refractivity contribution >= 4 is 11.9 Å². The summed E-state index contributed by atoms with van der Waals surface area (Å²) in [6.45, 7) is 10.6. The minimum absolute atomic E-state index is 0.109. The number of rotatable bonds is 11. The van der Waals surface area contributed by atoms with Crippen LogP contribution in [0, 0.1) is 0 Å². The van der Waals surface area contributed by atoms with E-state index in [0.717, 1.165) is 0 Å². The number of hydrogen-bond acceptors (Lipinski definition) is 6. The predicted molar refractivity (Wildman–Crippen MR) is 98.1 cm³/mol. The Bertz CT molecular complexity index is 573. The van der Waals surface area contributed by atoms with Crippen molar-refractivity contribution in [1.29, 1.82) is 0 Å². The average molecular weight is 367 g/mol. The lowest BCUT2D eigenvalue weighted by molar-refractivity contribution is -0.147. The molecule has 0 saturated carbocycles. The quantitative estimate of drug-likeness (QED) is 0.606. The first kappa shape index (κ1) is 21.6. The molecule has 0 spiro atoms. The van der Waals surface area contributed by atoms with Gasteiger partial charge >= 0.3 is 5.97 Å². The normalized spacial score (nSPS) is 10.4. The molecule has 0 bridgehead atoms. The van der Waals surface area contributed by atoms with Crippen LogP contribution in [0.25, 0.3) is 0 Å². The number of amides is 1. The maximum Gasteiger partial charge on any atom is 0.307 e. The van der Waals surface area contributed by atoms with Gasteiger partial charge < -0.3 is 24.3 Å². The van der Waals surface area contributed by atoms with Gasteiger partial charge in [-0.2, -0.15) is 0 Å². The Labute approximate surface area is 155 Å². The van der Waals surface area contributed by atoms with Crippen LogP contribution >= 0.6 is 0 Å². The van der Waals surface area contributed by atoms with E-state index in [2.05, 4.69) is 5.32 Å². The number of hydrogen-bond donors (Lipinski definition) is 1. The Morgan fingerprint density at radius 3 is 1.96 bits per heavy atom. The molecule has 0 aromatic heterocycles. The van der Waals surface area contributed by atoms with E-state index in [1.807, 2.05) is 20.8 Å². The number of carbonyl (C=O) groups excluding carboxylic acids is 2. The molecule has 1 aromatic carbocycles. The molecule has 0 heterocycles. The van der Waals surface area contributed by atoms with Gasteiger partial charge in [-0.25, -0.2) is 0 Å². The van der Waals surface area contributed by atoms with Gasteiger partial charge in [0.25, 0.3) is 5.91 Å². The first-order valence-electron chi connectivity index (χ1n) is 8.96. The van der Waals surface area contributed by atoms with Crippen LogP contribution in [0.1, 0.15) is 51.4 Å². The van der Waals surface area contributed by atoms with E-state index >= 15 is 0 Å². The molecule has 26 heavy (non-hydrogen) atoms. The average Bonchev–Trinajstić information content (AvgIpc) is 2.57. The predicted octanol–water partition coefficient (Wildman–Crippen LogP) is 2.95. The highest BCUT2D eigenvalue weighted by Gasteiger charge is 2.18. The molecule has 0 aliphatic heterocycles. The van der Waals surface area contributed by atoms with E-state index < -0.39 is 0 Å². The Kier molecular flexibility index (Phi) is 9.33. The van der Waals surface area contributed by atoms with Crippen LogP contribution in [0.3, 0.4) is 0 Å². The highest BCUT2D eigenvalue weighted by molar-refractivity contribution is 5.95. The second kappa shape index (κ2) is 11.2. The van der Waals surface area contributed by atoms with Gasteiger partial charge in [0.2, 0.25) is 5.75 Å². The highest BCUT2D eigenvalue weighted by Crippen LogP contribution is 2.39. The summed E-state index contributed by atoms with van der Waals surface area (Å²) < 4.78 is 21.8. The van der Waals surface area contributed by atoms with Crippen molar-refractivity contribution < 1.29 is 28.5 Å². The summed E-state index contributed by atoms with van der Waals surface area (Å²) >= 11 is 0. The van der Waals surface area contributed by atoms with E-state index in [4.69, 9.17) is 18.9 Å². The van der Waals surface area contributed by atoms with Crippen LogP contribution < -0.4 is 19.5 Å². The molecular weight excluding hydrogens is 338 g/mol. The zero-order valence-corrected chi connectivity index (χ0v) is 16.2. The smallest absolute Gasteiger partial charge is 0.307 e. The van der Waals surface area contributed by atoms with Crippen molar-refractivity contribution in [1.82, 2.24) is 5.32 Å².